The Bertz CT molecular complexity index is 360. The van der Waals surface area contributed by atoms with Crippen LogP contribution in [0.4, 0.5) is 0 Å². The lowest BCUT2D eigenvalue weighted by Crippen LogP contribution is -2.23. The van der Waals surface area contributed by atoms with Crippen LogP contribution in [-0.4, -0.2) is 18.9 Å². The van der Waals surface area contributed by atoms with Gasteiger partial charge in [-0.05, 0) is 23.1 Å². The molecule has 0 unspecified atom stereocenters. The van der Waals surface area contributed by atoms with Gasteiger partial charge in [-0.1, -0.05) is 52.0 Å². The third-order valence-electron chi connectivity index (χ3n) is 2.79. The summed E-state index contributed by atoms with van der Waals surface area (Å²) in [6.45, 7) is 9.90. The number of hydrogen-bond acceptors (Lipinski definition) is 2. The summed E-state index contributed by atoms with van der Waals surface area (Å²) >= 11 is 0. The molecule has 0 saturated heterocycles. The van der Waals surface area contributed by atoms with Crippen molar-refractivity contribution in [2.75, 3.05) is 13.1 Å². The number of Topliss-reactive ketones (excluding diaryl/α,β-unsaturated/α-hetero) is 1. The molecule has 0 aliphatic rings. The molecule has 0 amide bonds. The molecule has 0 heterocycles. The molecule has 2 nitrogen and oxygen atoms in total. The van der Waals surface area contributed by atoms with Crippen molar-refractivity contribution in [3.8, 4) is 0 Å². The van der Waals surface area contributed by atoms with Crippen LogP contribution in [0, 0.1) is 0 Å². The van der Waals surface area contributed by atoms with Crippen molar-refractivity contribution in [3.63, 3.8) is 0 Å². The van der Waals surface area contributed by atoms with E-state index in [9.17, 15) is 4.79 Å². The molecule has 0 aliphatic carbocycles. The summed E-state index contributed by atoms with van der Waals surface area (Å²) in [5.74, 6) is 0.246. The monoisotopic (exact) mass is 233 g/mol. The lowest BCUT2D eigenvalue weighted by atomic mass is 9.86. The van der Waals surface area contributed by atoms with Gasteiger partial charge in [0.25, 0.3) is 0 Å². The van der Waals surface area contributed by atoms with Gasteiger partial charge in [0.15, 0.2) is 5.78 Å². The van der Waals surface area contributed by atoms with Gasteiger partial charge in [-0.2, -0.15) is 0 Å². The minimum Gasteiger partial charge on any atom is -0.310 e. The van der Waals surface area contributed by atoms with E-state index in [1.54, 1.807) is 0 Å². The Kier molecular flexibility index (Phi) is 4.88. The second-order valence-electron chi connectivity index (χ2n) is 5.44. The number of rotatable bonds is 5. The van der Waals surface area contributed by atoms with Crippen LogP contribution in [0.1, 0.15) is 38.8 Å². The molecule has 2 heteroatoms. The zero-order valence-electron chi connectivity index (χ0n) is 11.3. The summed E-state index contributed by atoms with van der Waals surface area (Å²) < 4.78 is 0. The zero-order chi connectivity index (χ0) is 12.9. The molecule has 0 aliphatic heterocycles. The summed E-state index contributed by atoms with van der Waals surface area (Å²) in [5, 5.41) is 3.05. The molecule has 0 aromatic heterocycles. The predicted molar refractivity (Wildman–Crippen MR) is 72.4 cm³/mol. The van der Waals surface area contributed by atoms with Crippen molar-refractivity contribution in [3.05, 3.63) is 35.4 Å². The summed E-state index contributed by atoms with van der Waals surface area (Å²) in [5.41, 5.74) is 2.58. The molecule has 0 bridgehead atoms. The number of ketones is 1. The number of nitrogens with one attached hydrogen (secondary N) is 1. The number of benzene rings is 1. The number of carbonyl (C=O) groups is 1. The van der Waals surface area contributed by atoms with E-state index in [1.165, 1.54) is 5.56 Å². The van der Waals surface area contributed by atoms with Crippen LogP contribution in [0.15, 0.2) is 24.3 Å². The lowest BCUT2D eigenvalue weighted by Gasteiger charge is -2.19. The minimum absolute atomic E-state index is 0.173. The van der Waals surface area contributed by atoms with Gasteiger partial charge in [0.1, 0.15) is 0 Å². The molecule has 0 spiro atoms. The summed E-state index contributed by atoms with van der Waals surface area (Å²) in [6, 6.07) is 8.36. The average molecular weight is 233 g/mol. The van der Waals surface area contributed by atoms with E-state index >= 15 is 0 Å². The molecule has 0 radical (unpaired) electrons. The first-order valence-corrected chi connectivity index (χ1v) is 6.25. The third-order valence-corrected chi connectivity index (χ3v) is 2.79. The fourth-order valence-electron chi connectivity index (χ4n) is 1.68. The van der Waals surface area contributed by atoms with Crippen molar-refractivity contribution in [2.24, 2.45) is 0 Å². The maximum Gasteiger partial charge on any atom is 0.150 e. The van der Waals surface area contributed by atoms with E-state index in [-0.39, 0.29) is 11.2 Å². The molecule has 1 aromatic rings. The number of carbonyl (C=O) groups excluding carboxylic acids is 1. The summed E-state index contributed by atoms with van der Waals surface area (Å²) in [6.07, 6.45) is 0.525. The second-order valence-corrected chi connectivity index (χ2v) is 5.44. The molecular formula is C15H23NO. The molecule has 0 atom stereocenters. The standard InChI is InChI=1S/C15H23NO/c1-5-16-11-14(17)10-12-6-8-13(9-7-12)15(2,3)4/h6-9,16H,5,10-11H2,1-4H3. The van der Waals surface area contributed by atoms with Crippen LogP contribution >= 0.6 is 0 Å². The van der Waals surface area contributed by atoms with Crippen LogP contribution in [0.2, 0.25) is 0 Å². The first kappa shape index (κ1) is 13.9. The van der Waals surface area contributed by atoms with Crippen molar-refractivity contribution in [1.29, 1.82) is 0 Å². The van der Waals surface area contributed by atoms with Gasteiger partial charge in [0.2, 0.25) is 0 Å². The van der Waals surface area contributed by atoms with Gasteiger partial charge in [-0.3, -0.25) is 4.79 Å². The SMILES string of the molecule is CCNCC(=O)Cc1ccc(C(C)(C)C)cc1. The summed E-state index contributed by atoms with van der Waals surface area (Å²) in [4.78, 5) is 11.6. The Labute approximate surface area is 104 Å². The lowest BCUT2D eigenvalue weighted by molar-refractivity contribution is -0.117. The van der Waals surface area contributed by atoms with E-state index in [2.05, 4.69) is 50.4 Å². The highest BCUT2D eigenvalue weighted by Gasteiger charge is 2.13. The maximum atomic E-state index is 11.6. The average Bonchev–Trinajstić information content (AvgIpc) is 2.26. The molecule has 0 saturated carbocycles. The van der Waals surface area contributed by atoms with Gasteiger partial charge in [0.05, 0.1) is 6.54 Å². The van der Waals surface area contributed by atoms with Crippen molar-refractivity contribution in [1.82, 2.24) is 5.32 Å². The van der Waals surface area contributed by atoms with Crippen molar-refractivity contribution < 1.29 is 4.79 Å². The largest absolute Gasteiger partial charge is 0.310 e. The maximum absolute atomic E-state index is 11.6. The quantitative estimate of drug-likeness (QED) is 0.847. The third kappa shape index (κ3) is 4.70. The van der Waals surface area contributed by atoms with Crippen molar-refractivity contribution in [2.45, 2.75) is 39.5 Å². The first-order valence-electron chi connectivity index (χ1n) is 6.25. The van der Waals surface area contributed by atoms with E-state index in [4.69, 9.17) is 0 Å². The Morgan fingerprint density at radius 3 is 2.24 bits per heavy atom. The van der Waals surface area contributed by atoms with E-state index in [0.29, 0.717) is 13.0 Å². The molecular weight excluding hydrogens is 210 g/mol. The van der Waals surface area contributed by atoms with Crippen molar-refractivity contribution >= 4 is 5.78 Å². The Morgan fingerprint density at radius 2 is 1.76 bits per heavy atom. The predicted octanol–water partition coefficient (Wildman–Crippen LogP) is 2.71. The number of hydrogen-bond donors (Lipinski definition) is 1. The smallest absolute Gasteiger partial charge is 0.150 e. The zero-order valence-corrected chi connectivity index (χ0v) is 11.3. The molecule has 17 heavy (non-hydrogen) atoms. The van der Waals surface area contributed by atoms with Gasteiger partial charge in [-0.15, -0.1) is 0 Å². The first-order chi connectivity index (χ1) is 7.93. The van der Waals surface area contributed by atoms with Crippen LogP contribution in [0.3, 0.4) is 0 Å². The van der Waals surface area contributed by atoms with E-state index in [0.717, 1.165) is 12.1 Å². The van der Waals surface area contributed by atoms with Gasteiger partial charge in [-0.25, -0.2) is 0 Å². The number of likely N-dealkylation sites (N-methyl/N-ethyl adjacent to an activating group) is 1. The highest BCUT2D eigenvalue weighted by molar-refractivity contribution is 5.82. The van der Waals surface area contributed by atoms with Crippen LogP contribution in [-0.2, 0) is 16.6 Å². The second kappa shape index (κ2) is 5.97. The highest BCUT2D eigenvalue weighted by atomic mass is 16.1. The normalized spacial score (nSPS) is 11.5. The Morgan fingerprint density at radius 1 is 1.18 bits per heavy atom. The molecule has 1 aromatic carbocycles. The topological polar surface area (TPSA) is 29.1 Å². The van der Waals surface area contributed by atoms with Crippen LogP contribution in [0.25, 0.3) is 0 Å². The molecule has 1 N–H and O–H groups in total. The highest BCUT2D eigenvalue weighted by Crippen LogP contribution is 2.22. The van der Waals surface area contributed by atoms with Crippen LogP contribution in [0.5, 0.6) is 0 Å². The Balaban J connectivity index is 2.60. The van der Waals surface area contributed by atoms with Crippen LogP contribution < -0.4 is 5.32 Å². The van der Waals surface area contributed by atoms with E-state index in [1.807, 2.05) is 6.92 Å². The van der Waals surface area contributed by atoms with E-state index < -0.39 is 0 Å². The fraction of sp³-hybridized carbons (Fsp3) is 0.533. The van der Waals surface area contributed by atoms with Gasteiger partial charge in [0, 0.05) is 6.42 Å². The minimum atomic E-state index is 0.173. The molecule has 94 valence electrons. The van der Waals surface area contributed by atoms with Gasteiger partial charge < -0.3 is 5.32 Å². The Hall–Kier alpha value is -1.15. The van der Waals surface area contributed by atoms with Gasteiger partial charge >= 0.3 is 0 Å². The fourth-order valence-corrected chi connectivity index (χ4v) is 1.68. The molecule has 0 fully saturated rings. The molecule has 1 rings (SSSR count). The summed E-state index contributed by atoms with van der Waals surface area (Å²) in [7, 11) is 0.